The third-order valence-electron chi connectivity index (χ3n) is 2.48. The van der Waals surface area contributed by atoms with Gasteiger partial charge < -0.3 is 10.0 Å². The van der Waals surface area contributed by atoms with E-state index >= 15 is 0 Å². The molecule has 0 fully saturated rings. The van der Waals surface area contributed by atoms with Gasteiger partial charge in [0, 0.05) is 19.7 Å². The highest BCUT2D eigenvalue weighted by molar-refractivity contribution is 5.97. The molecule has 0 unspecified atom stereocenters. The van der Waals surface area contributed by atoms with Gasteiger partial charge in [0.1, 0.15) is 5.75 Å². The van der Waals surface area contributed by atoms with Crippen LogP contribution in [0.5, 0.6) is 5.75 Å². The van der Waals surface area contributed by atoms with Crippen LogP contribution in [0.4, 0.5) is 0 Å². The molecule has 3 nitrogen and oxygen atoms in total. The normalized spacial score (nSPS) is 11.3. The third-order valence-corrected chi connectivity index (χ3v) is 2.48. The van der Waals surface area contributed by atoms with Crippen LogP contribution >= 0.6 is 0 Å². The molecule has 1 N–H and O–H groups in total. The average molecular weight is 221 g/mol. The van der Waals surface area contributed by atoms with Gasteiger partial charge in [-0.05, 0) is 11.5 Å². The first-order valence-corrected chi connectivity index (χ1v) is 5.29. The summed E-state index contributed by atoms with van der Waals surface area (Å²) < 4.78 is 0. The number of amides is 1. The van der Waals surface area contributed by atoms with Crippen LogP contribution in [0.1, 0.15) is 36.7 Å². The summed E-state index contributed by atoms with van der Waals surface area (Å²) in [5.41, 5.74) is 0.977. The van der Waals surface area contributed by atoms with Crippen molar-refractivity contribution < 1.29 is 9.90 Å². The van der Waals surface area contributed by atoms with Crippen molar-refractivity contribution in [2.24, 2.45) is 0 Å². The summed E-state index contributed by atoms with van der Waals surface area (Å²) in [6, 6.07) is 5.30. The van der Waals surface area contributed by atoms with Gasteiger partial charge in [-0.15, -0.1) is 0 Å². The number of phenols is 1. The SMILES string of the molecule is CN(C)C(=O)c1cccc(C(C)(C)C)c1O. The number of hydrogen-bond acceptors (Lipinski definition) is 2. The molecular formula is C13H19NO2. The Morgan fingerprint density at radius 1 is 1.25 bits per heavy atom. The number of para-hydroxylation sites is 1. The van der Waals surface area contributed by atoms with Crippen molar-refractivity contribution in [2.75, 3.05) is 14.1 Å². The van der Waals surface area contributed by atoms with Gasteiger partial charge in [0.2, 0.25) is 0 Å². The number of nitrogens with zero attached hydrogens (tertiary/aromatic N) is 1. The van der Waals surface area contributed by atoms with Crippen LogP contribution in [0, 0.1) is 0 Å². The maximum Gasteiger partial charge on any atom is 0.257 e. The van der Waals surface area contributed by atoms with Crippen LogP contribution in [0.15, 0.2) is 18.2 Å². The Morgan fingerprint density at radius 3 is 2.25 bits per heavy atom. The summed E-state index contributed by atoms with van der Waals surface area (Å²) in [6.07, 6.45) is 0. The molecule has 1 rings (SSSR count). The van der Waals surface area contributed by atoms with Gasteiger partial charge in [-0.25, -0.2) is 0 Å². The maximum absolute atomic E-state index is 11.8. The molecule has 16 heavy (non-hydrogen) atoms. The molecule has 0 saturated heterocycles. The number of aromatic hydroxyl groups is 1. The van der Waals surface area contributed by atoms with Crippen molar-refractivity contribution in [3.8, 4) is 5.75 Å². The largest absolute Gasteiger partial charge is 0.507 e. The van der Waals surface area contributed by atoms with Crippen LogP contribution in [0.2, 0.25) is 0 Å². The minimum Gasteiger partial charge on any atom is -0.507 e. The van der Waals surface area contributed by atoms with Crippen molar-refractivity contribution in [3.63, 3.8) is 0 Å². The summed E-state index contributed by atoms with van der Waals surface area (Å²) in [6.45, 7) is 6.02. The minimum absolute atomic E-state index is 0.0914. The van der Waals surface area contributed by atoms with E-state index in [0.29, 0.717) is 5.56 Å². The molecule has 1 amide bonds. The molecule has 0 heterocycles. The molecular weight excluding hydrogens is 202 g/mol. The fraction of sp³-hybridized carbons (Fsp3) is 0.462. The standard InChI is InChI=1S/C13H19NO2/c1-13(2,3)10-8-6-7-9(11(10)15)12(16)14(4)5/h6-8,15H,1-5H3. The summed E-state index contributed by atoms with van der Waals surface area (Å²) in [7, 11) is 3.34. The Hall–Kier alpha value is -1.51. The van der Waals surface area contributed by atoms with E-state index in [1.807, 2.05) is 26.8 Å². The van der Waals surface area contributed by atoms with Crippen molar-refractivity contribution in [3.05, 3.63) is 29.3 Å². The molecule has 1 aromatic carbocycles. The second-order valence-electron chi connectivity index (χ2n) is 5.15. The molecule has 0 spiro atoms. The Labute approximate surface area is 96.7 Å². The van der Waals surface area contributed by atoms with E-state index in [1.165, 1.54) is 4.90 Å². The number of carbonyl (C=O) groups is 1. The third kappa shape index (κ3) is 2.35. The first kappa shape index (κ1) is 12.6. The van der Waals surface area contributed by atoms with Crippen LogP contribution < -0.4 is 0 Å². The first-order chi connectivity index (χ1) is 7.25. The molecule has 0 aliphatic rings. The fourth-order valence-corrected chi connectivity index (χ4v) is 1.56. The summed E-state index contributed by atoms with van der Waals surface area (Å²) in [4.78, 5) is 13.3. The van der Waals surface area contributed by atoms with Gasteiger partial charge in [-0.1, -0.05) is 32.9 Å². The van der Waals surface area contributed by atoms with E-state index in [-0.39, 0.29) is 17.1 Å². The number of hydrogen-bond donors (Lipinski definition) is 1. The van der Waals surface area contributed by atoms with E-state index in [2.05, 4.69) is 0 Å². The lowest BCUT2D eigenvalue weighted by molar-refractivity contribution is 0.0824. The van der Waals surface area contributed by atoms with Gasteiger partial charge in [0.25, 0.3) is 5.91 Å². The quantitative estimate of drug-likeness (QED) is 0.791. The van der Waals surface area contributed by atoms with Crippen LogP contribution in [0.25, 0.3) is 0 Å². The molecule has 0 aromatic heterocycles. The average Bonchev–Trinajstić information content (AvgIpc) is 2.15. The number of phenolic OH excluding ortho intramolecular Hbond substituents is 1. The van der Waals surface area contributed by atoms with Crippen molar-refractivity contribution in [1.82, 2.24) is 4.90 Å². The second kappa shape index (κ2) is 4.16. The molecule has 3 heteroatoms. The fourth-order valence-electron chi connectivity index (χ4n) is 1.56. The molecule has 0 atom stereocenters. The molecule has 0 saturated carbocycles. The lowest BCUT2D eigenvalue weighted by atomic mass is 9.85. The lowest BCUT2D eigenvalue weighted by Gasteiger charge is -2.22. The second-order valence-corrected chi connectivity index (χ2v) is 5.15. The first-order valence-electron chi connectivity index (χ1n) is 5.29. The van der Waals surface area contributed by atoms with Crippen molar-refractivity contribution in [1.29, 1.82) is 0 Å². The minimum atomic E-state index is -0.177. The van der Waals surface area contributed by atoms with Crippen LogP contribution in [0.3, 0.4) is 0 Å². The predicted molar refractivity (Wildman–Crippen MR) is 64.8 cm³/mol. The van der Waals surface area contributed by atoms with E-state index < -0.39 is 0 Å². The van der Waals surface area contributed by atoms with E-state index in [0.717, 1.165) is 5.56 Å². The number of carbonyl (C=O) groups excluding carboxylic acids is 1. The van der Waals surface area contributed by atoms with Gasteiger partial charge in [0.15, 0.2) is 0 Å². The van der Waals surface area contributed by atoms with E-state index in [9.17, 15) is 9.90 Å². The Kier molecular flexibility index (Phi) is 3.27. The molecule has 88 valence electrons. The Balaban J connectivity index is 3.30. The Bertz CT molecular complexity index is 403. The molecule has 0 radical (unpaired) electrons. The van der Waals surface area contributed by atoms with Crippen LogP contribution in [-0.4, -0.2) is 30.0 Å². The van der Waals surface area contributed by atoms with Gasteiger partial charge >= 0.3 is 0 Å². The summed E-state index contributed by atoms with van der Waals surface area (Å²) in [5.74, 6) is -0.0858. The summed E-state index contributed by atoms with van der Waals surface area (Å²) in [5, 5.41) is 10.1. The van der Waals surface area contributed by atoms with Gasteiger partial charge in [-0.3, -0.25) is 4.79 Å². The zero-order chi connectivity index (χ0) is 12.5. The predicted octanol–water partition coefficient (Wildman–Crippen LogP) is 2.39. The monoisotopic (exact) mass is 221 g/mol. The Morgan fingerprint density at radius 2 is 1.81 bits per heavy atom. The van der Waals surface area contributed by atoms with Crippen molar-refractivity contribution in [2.45, 2.75) is 26.2 Å². The molecule has 0 aliphatic carbocycles. The topological polar surface area (TPSA) is 40.5 Å². The van der Waals surface area contributed by atoms with Crippen molar-refractivity contribution >= 4 is 5.91 Å². The summed E-state index contributed by atoms with van der Waals surface area (Å²) >= 11 is 0. The van der Waals surface area contributed by atoms with Gasteiger partial charge in [0.05, 0.1) is 5.56 Å². The highest BCUT2D eigenvalue weighted by Gasteiger charge is 2.22. The molecule has 1 aromatic rings. The number of rotatable bonds is 1. The smallest absolute Gasteiger partial charge is 0.257 e. The maximum atomic E-state index is 11.8. The van der Waals surface area contributed by atoms with Crippen LogP contribution in [-0.2, 0) is 5.41 Å². The molecule has 0 aliphatic heterocycles. The van der Waals surface area contributed by atoms with E-state index in [4.69, 9.17) is 0 Å². The highest BCUT2D eigenvalue weighted by atomic mass is 16.3. The lowest BCUT2D eigenvalue weighted by Crippen LogP contribution is -2.23. The highest BCUT2D eigenvalue weighted by Crippen LogP contribution is 2.33. The van der Waals surface area contributed by atoms with E-state index in [1.54, 1.807) is 26.2 Å². The zero-order valence-corrected chi connectivity index (χ0v) is 10.5. The number of benzene rings is 1. The molecule has 0 bridgehead atoms. The van der Waals surface area contributed by atoms with Gasteiger partial charge in [-0.2, -0.15) is 0 Å². The zero-order valence-electron chi connectivity index (χ0n) is 10.5.